The summed E-state index contributed by atoms with van der Waals surface area (Å²) in [5.41, 5.74) is 0.349. The molecule has 3 aromatic rings. The summed E-state index contributed by atoms with van der Waals surface area (Å²) in [5.74, 6) is -3.42. The van der Waals surface area contributed by atoms with Crippen LogP contribution in [0.25, 0.3) is 0 Å². The highest BCUT2D eigenvalue weighted by Crippen LogP contribution is 2.43. The zero-order valence-electron chi connectivity index (χ0n) is 17.1. The lowest BCUT2D eigenvalue weighted by Gasteiger charge is -2.15. The second-order valence-corrected chi connectivity index (χ2v) is 7.51. The number of hydrogen-bond donors (Lipinski definition) is 4. The van der Waals surface area contributed by atoms with Crippen LogP contribution in [0.3, 0.4) is 0 Å². The third-order valence-corrected chi connectivity index (χ3v) is 5.35. The van der Waals surface area contributed by atoms with Gasteiger partial charge in [0.05, 0.1) is 11.1 Å². The largest absolute Gasteiger partial charge is 0.484 e. The molecule has 4 N–H and O–H groups in total. The Kier molecular flexibility index (Phi) is 7.33. The van der Waals surface area contributed by atoms with Gasteiger partial charge >= 0.3 is 23.9 Å². The Bertz CT molecular complexity index is 1130. The highest BCUT2D eigenvalue weighted by atomic mass is 32.1. The van der Waals surface area contributed by atoms with Gasteiger partial charge in [0, 0.05) is 0 Å². The van der Waals surface area contributed by atoms with E-state index in [4.69, 9.17) is 34.6 Å². The van der Waals surface area contributed by atoms with Gasteiger partial charge in [-0.15, -0.1) is 11.3 Å². The molecule has 11 nitrogen and oxygen atoms in total. The average Bonchev–Trinajstić information content (AvgIpc) is 3.21. The van der Waals surface area contributed by atoms with E-state index < -0.39 is 23.9 Å². The van der Waals surface area contributed by atoms with E-state index in [1.54, 1.807) is 0 Å². The minimum atomic E-state index is -1.21. The van der Waals surface area contributed by atoms with Gasteiger partial charge < -0.3 is 34.6 Å². The van der Waals surface area contributed by atoms with Crippen molar-refractivity contribution in [3.05, 3.63) is 69.4 Å². The maximum Gasteiger partial charge on any atom is 0.349 e. The second kappa shape index (κ2) is 10.4. The molecule has 0 unspecified atom stereocenters. The van der Waals surface area contributed by atoms with Crippen molar-refractivity contribution in [2.75, 3.05) is 13.2 Å². The maximum atomic E-state index is 10.8. The quantitative estimate of drug-likeness (QED) is 0.397. The fraction of sp³-hybridized carbons (Fsp3) is 0.0909. The van der Waals surface area contributed by atoms with E-state index in [2.05, 4.69) is 0 Å². The minimum Gasteiger partial charge on any atom is -0.484 e. The number of carbonyl (C=O) groups is 4. The summed E-state index contributed by atoms with van der Waals surface area (Å²) < 4.78 is 15.6. The minimum absolute atomic E-state index is 0.0242. The van der Waals surface area contributed by atoms with Crippen molar-refractivity contribution in [3.63, 3.8) is 0 Å². The van der Waals surface area contributed by atoms with E-state index in [9.17, 15) is 19.2 Å². The molecule has 0 bridgehead atoms. The standard InChI is InChI=1S/C14H10O5.C8H6O6S/c15-13(16)9-1-5-11(6-2-9)19-12-7-3-10(4-8-12)14(17)18;9-7(10)5-3-4(14-2-1-13-3)6(15-5)8(11)12/h1-8H,(H,15,16)(H,17,18);1-2H2,(H,9,10)(H,11,12). The number of benzene rings is 2. The van der Waals surface area contributed by atoms with Gasteiger partial charge in [0.15, 0.2) is 21.3 Å². The Morgan fingerprint density at radius 2 is 0.971 bits per heavy atom. The molecule has 1 aromatic heterocycles. The van der Waals surface area contributed by atoms with Crippen LogP contribution < -0.4 is 14.2 Å². The molecular weight excluding hydrogens is 472 g/mol. The van der Waals surface area contributed by atoms with Gasteiger partial charge in [-0.05, 0) is 48.5 Å². The molecule has 4 rings (SSSR count). The normalized spacial score (nSPS) is 11.5. The molecule has 0 saturated heterocycles. The molecule has 0 aliphatic carbocycles. The van der Waals surface area contributed by atoms with Crippen molar-refractivity contribution in [1.82, 2.24) is 0 Å². The molecular formula is C22H16O11S. The number of aromatic carboxylic acids is 4. The van der Waals surface area contributed by atoms with Crippen molar-refractivity contribution in [2.24, 2.45) is 0 Å². The third kappa shape index (κ3) is 5.61. The van der Waals surface area contributed by atoms with E-state index in [-0.39, 0.29) is 45.6 Å². The van der Waals surface area contributed by atoms with Crippen LogP contribution >= 0.6 is 11.3 Å². The lowest BCUT2D eigenvalue weighted by Crippen LogP contribution is -2.16. The van der Waals surface area contributed by atoms with Crippen LogP contribution in [0.4, 0.5) is 0 Å². The van der Waals surface area contributed by atoms with Crippen molar-refractivity contribution in [3.8, 4) is 23.0 Å². The van der Waals surface area contributed by atoms with E-state index in [0.717, 1.165) is 0 Å². The number of hydrogen-bond acceptors (Lipinski definition) is 8. The van der Waals surface area contributed by atoms with Crippen molar-refractivity contribution in [1.29, 1.82) is 0 Å². The number of carboxylic acids is 4. The highest BCUT2D eigenvalue weighted by Gasteiger charge is 2.30. The molecule has 1 aliphatic heterocycles. The van der Waals surface area contributed by atoms with Crippen LogP contribution in [0.5, 0.6) is 23.0 Å². The van der Waals surface area contributed by atoms with Crippen molar-refractivity contribution in [2.45, 2.75) is 0 Å². The van der Waals surface area contributed by atoms with E-state index in [1.165, 1.54) is 48.5 Å². The lowest BCUT2D eigenvalue weighted by atomic mass is 10.2. The first-order valence-corrected chi connectivity index (χ1v) is 10.2. The molecule has 2 aromatic carbocycles. The van der Waals surface area contributed by atoms with Crippen LogP contribution in [-0.2, 0) is 0 Å². The average molecular weight is 488 g/mol. The fourth-order valence-electron chi connectivity index (χ4n) is 2.70. The van der Waals surface area contributed by atoms with Gasteiger partial charge in [-0.1, -0.05) is 0 Å². The van der Waals surface area contributed by atoms with Crippen LogP contribution in [-0.4, -0.2) is 57.5 Å². The monoisotopic (exact) mass is 488 g/mol. The van der Waals surface area contributed by atoms with E-state index >= 15 is 0 Å². The third-order valence-electron chi connectivity index (χ3n) is 4.23. The molecule has 0 radical (unpaired) electrons. The number of fused-ring (bicyclic) bond motifs is 1. The zero-order valence-corrected chi connectivity index (χ0v) is 17.9. The summed E-state index contributed by atoms with van der Waals surface area (Å²) in [6, 6.07) is 11.9. The van der Waals surface area contributed by atoms with Gasteiger partial charge in [-0.2, -0.15) is 0 Å². The van der Waals surface area contributed by atoms with Crippen LogP contribution in [0.1, 0.15) is 40.1 Å². The van der Waals surface area contributed by atoms with Gasteiger partial charge in [0.25, 0.3) is 0 Å². The summed E-state index contributed by atoms with van der Waals surface area (Å²) in [4.78, 5) is 42.7. The SMILES string of the molecule is O=C(O)c1ccc(Oc2ccc(C(=O)O)cc2)cc1.O=C(O)c1sc(C(=O)O)c2c1OCCO2. The summed E-state index contributed by atoms with van der Waals surface area (Å²) in [6.45, 7) is 0.451. The molecule has 0 atom stereocenters. The van der Waals surface area contributed by atoms with Crippen molar-refractivity contribution < 1.29 is 53.8 Å². The summed E-state index contributed by atoms with van der Waals surface area (Å²) in [6.07, 6.45) is 0. The maximum absolute atomic E-state index is 10.8. The Morgan fingerprint density at radius 3 is 1.26 bits per heavy atom. The lowest BCUT2D eigenvalue weighted by molar-refractivity contribution is 0.0676. The topological polar surface area (TPSA) is 177 Å². The fourth-order valence-corrected chi connectivity index (χ4v) is 3.57. The molecule has 34 heavy (non-hydrogen) atoms. The van der Waals surface area contributed by atoms with Crippen LogP contribution in [0, 0.1) is 0 Å². The number of thiophene rings is 1. The van der Waals surface area contributed by atoms with E-state index in [1.807, 2.05) is 0 Å². The summed E-state index contributed by atoms with van der Waals surface area (Å²) in [7, 11) is 0. The first-order chi connectivity index (χ1) is 16.2. The Hall–Kier alpha value is -4.58. The summed E-state index contributed by atoms with van der Waals surface area (Å²) >= 11 is 0.642. The first kappa shape index (κ1) is 24.1. The Labute approximate surface area is 195 Å². The van der Waals surface area contributed by atoms with Gasteiger partial charge in [-0.3, -0.25) is 0 Å². The number of ether oxygens (including phenoxy) is 3. The predicted molar refractivity (Wildman–Crippen MR) is 116 cm³/mol. The second-order valence-electron chi connectivity index (χ2n) is 6.49. The van der Waals surface area contributed by atoms with Gasteiger partial charge in [0.1, 0.15) is 24.7 Å². The molecule has 0 saturated carbocycles. The first-order valence-electron chi connectivity index (χ1n) is 9.41. The highest BCUT2D eigenvalue weighted by molar-refractivity contribution is 7.16. The zero-order chi connectivity index (χ0) is 24.8. The van der Waals surface area contributed by atoms with Crippen molar-refractivity contribution >= 4 is 35.2 Å². The molecule has 1 aliphatic rings. The summed E-state index contributed by atoms with van der Waals surface area (Å²) in [5, 5.41) is 35.1. The van der Waals surface area contributed by atoms with Gasteiger partial charge in [-0.25, -0.2) is 19.2 Å². The molecule has 0 amide bonds. The molecule has 0 spiro atoms. The van der Waals surface area contributed by atoms with E-state index in [0.29, 0.717) is 22.8 Å². The molecule has 0 fully saturated rings. The molecule has 12 heteroatoms. The van der Waals surface area contributed by atoms with Gasteiger partial charge in [0.2, 0.25) is 0 Å². The number of carboxylic acid groups (broad SMARTS) is 4. The van der Waals surface area contributed by atoms with Crippen LogP contribution in [0.2, 0.25) is 0 Å². The Balaban J connectivity index is 0.000000196. The van der Waals surface area contributed by atoms with Crippen LogP contribution in [0.15, 0.2) is 48.5 Å². The molecule has 2 heterocycles. The number of rotatable bonds is 6. The Morgan fingerprint density at radius 1 is 0.618 bits per heavy atom. The predicted octanol–water partition coefficient (Wildman–Crippen LogP) is 3.79. The smallest absolute Gasteiger partial charge is 0.349 e. The molecule has 176 valence electrons.